The molecule has 0 fully saturated rings. The van der Waals surface area contributed by atoms with Gasteiger partial charge in [0.15, 0.2) is 0 Å². The van der Waals surface area contributed by atoms with Gasteiger partial charge >= 0.3 is 5.69 Å². The van der Waals surface area contributed by atoms with Crippen LogP contribution in [-0.4, -0.2) is 21.7 Å². The molecule has 0 radical (unpaired) electrons. The molecule has 0 aliphatic heterocycles. The Hall–Kier alpha value is -2.44. The Morgan fingerprint density at radius 3 is 2.78 bits per heavy atom. The Kier molecular flexibility index (Phi) is 3.52. The molecule has 1 aromatic carbocycles. The molecule has 1 heterocycles. The summed E-state index contributed by atoms with van der Waals surface area (Å²) < 4.78 is 13.3. The van der Waals surface area contributed by atoms with Gasteiger partial charge < -0.3 is 5.32 Å². The van der Waals surface area contributed by atoms with E-state index in [1.54, 1.807) is 18.2 Å². The normalized spacial score (nSPS) is 10.3. The van der Waals surface area contributed by atoms with Gasteiger partial charge in [-0.2, -0.15) is 0 Å². The largest absolute Gasteiger partial charge is 0.364 e. The molecule has 7 heteroatoms. The first kappa shape index (κ1) is 12.0. The van der Waals surface area contributed by atoms with Gasteiger partial charge in [-0.05, 0) is 18.1 Å². The highest BCUT2D eigenvalue weighted by molar-refractivity contribution is 5.29. The summed E-state index contributed by atoms with van der Waals surface area (Å²) >= 11 is 0. The second-order valence-corrected chi connectivity index (χ2v) is 3.62. The zero-order valence-electron chi connectivity index (χ0n) is 9.37. The van der Waals surface area contributed by atoms with Crippen LogP contribution in [0.4, 0.5) is 10.2 Å². The van der Waals surface area contributed by atoms with Crippen LogP contribution in [0, 0.1) is 5.82 Å². The van der Waals surface area contributed by atoms with E-state index in [2.05, 4.69) is 15.5 Å². The number of anilines is 1. The summed E-state index contributed by atoms with van der Waals surface area (Å²) in [5, 5.41) is 8.37. The molecule has 18 heavy (non-hydrogen) atoms. The lowest BCUT2D eigenvalue weighted by atomic mass is 10.1. The summed E-state index contributed by atoms with van der Waals surface area (Å²) in [5.41, 5.74) is -0.724. The first-order chi connectivity index (χ1) is 8.66. The molecule has 0 amide bonds. The Balaban J connectivity index is 1.99. The molecule has 0 aliphatic carbocycles. The number of aromatic amines is 2. The van der Waals surface area contributed by atoms with Crippen molar-refractivity contribution in [2.75, 3.05) is 11.9 Å². The maximum Gasteiger partial charge on any atom is 0.342 e. The lowest BCUT2D eigenvalue weighted by Gasteiger charge is -2.04. The predicted molar refractivity (Wildman–Crippen MR) is 64.1 cm³/mol. The Morgan fingerprint density at radius 1 is 1.28 bits per heavy atom. The third-order valence-electron chi connectivity index (χ3n) is 2.36. The zero-order valence-corrected chi connectivity index (χ0v) is 9.37. The fourth-order valence-electron chi connectivity index (χ4n) is 1.48. The molecule has 94 valence electrons. The van der Waals surface area contributed by atoms with Gasteiger partial charge in [0.2, 0.25) is 5.82 Å². The maximum absolute atomic E-state index is 13.3. The van der Waals surface area contributed by atoms with Gasteiger partial charge in [0.1, 0.15) is 5.82 Å². The quantitative estimate of drug-likeness (QED) is 0.725. The van der Waals surface area contributed by atoms with Crippen LogP contribution in [0.15, 0.2) is 33.9 Å². The zero-order chi connectivity index (χ0) is 13.0. The van der Waals surface area contributed by atoms with Crippen LogP contribution in [0.25, 0.3) is 0 Å². The van der Waals surface area contributed by atoms with Crippen molar-refractivity contribution in [3.05, 3.63) is 56.5 Å². The van der Waals surface area contributed by atoms with Crippen LogP contribution in [-0.2, 0) is 6.42 Å². The molecular formula is C11H11FN4O2. The molecular weight excluding hydrogens is 239 g/mol. The van der Waals surface area contributed by atoms with Gasteiger partial charge in [-0.25, -0.2) is 14.3 Å². The molecule has 3 N–H and O–H groups in total. The van der Waals surface area contributed by atoms with Crippen LogP contribution < -0.4 is 16.6 Å². The van der Waals surface area contributed by atoms with Gasteiger partial charge in [-0.3, -0.25) is 9.78 Å². The van der Waals surface area contributed by atoms with Crippen LogP contribution in [0.5, 0.6) is 0 Å². The SMILES string of the molecule is O=c1[nH]nc(NCCc2ccccc2F)c(=O)[nH]1. The molecule has 0 aliphatic rings. The average Bonchev–Trinajstić information content (AvgIpc) is 2.34. The van der Waals surface area contributed by atoms with Gasteiger partial charge in [-0.15, -0.1) is 5.10 Å². The Morgan fingerprint density at radius 2 is 2.06 bits per heavy atom. The van der Waals surface area contributed by atoms with Crippen LogP contribution in [0.1, 0.15) is 5.56 Å². The highest BCUT2D eigenvalue weighted by atomic mass is 19.1. The molecule has 0 atom stereocenters. The number of hydrogen-bond donors (Lipinski definition) is 3. The molecule has 0 spiro atoms. The predicted octanol–water partition coefficient (Wildman–Crippen LogP) is 0.252. The van der Waals surface area contributed by atoms with E-state index in [4.69, 9.17) is 0 Å². The first-order valence-electron chi connectivity index (χ1n) is 5.33. The third-order valence-corrected chi connectivity index (χ3v) is 2.36. The summed E-state index contributed by atoms with van der Waals surface area (Å²) in [5.74, 6) is -0.284. The number of rotatable bonds is 4. The molecule has 0 saturated heterocycles. The first-order valence-corrected chi connectivity index (χ1v) is 5.33. The Labute approximate surface area is 101 Å². The number of hydrogen-bond acceptors (Lipinski definition) is 4. The monoisotopic (exact) mass is 250 g/mol. The van der Waals surface area contributed by atoms with E-state index in [9.17, 15) is 14.0 Å². The van der Waals surface area contributed by atoms with Crippen molar-refractivity contribution < 1.29 is 4.39 Å². The summed E-state index contributed by atoms with van der Waals surface area (Å²) in [4.78, 5) is 24.0. The van der Waals surface area contributed by atoms with E-state index < -0.39 is 11.2 Å². The molecule has 0 saturated carbocycles. The van der Waals surface area contributed by atoms with E-state index in [0.29, 0.717) is 18.5 Å². The second kappa shape index (κ2) is 5.26. The summed E-state index contributed by atoms with van der Waals surface area (Å²) in [6, 6.07) is 6.39. The number of nitrogens with zero attached hydrogens (tertiary/aromatic N) is 1. The average molecular weight is 250 g/mol. The van der Waals surface area contributed by atoms with Gasteiger partial charge in [0.25, 0.3) is 5.56 Å². The molecule has 0 bridgehead atoms. The maximum atomic E-state index is 13.3. The van der Waals surface area contributed by atoms with Crippen LogP contribution in [0.2, 0.25) is 0 Å². The van der Waals surface area contributed by atoms with E-state index in [0.717, 1.165) is 0 Å². The van der Waals surface area contributed by atoms with Crippen molar-refractivity contribution in [2.45, 2.75) is 6.42 Å². The van der Waals surface area contributed by atoms with Gasteiger partial charge in [0, 0.05) is 6.54 Å². The molecule has 1 aromatic heterocycles. The summed E-state index contributed by atoms with van der Waals surface area (Å²) in [6.07, 6.45) is 0.410. The van der Waals surface area contributed by atoms with Crippen molar-refractivity contribution in [1.29, 1.82) is 0 Å². The summed E-state index contributed by atoms with van der Waals surface area (Å²) in [7, 11) is 0. The van der Waals surface area contributed by atoms with E-state index in [-0.39, 0.29) is 11.6 Å². The molecule has 2 aromatic rings. The van der Waals surface area contributed by atoms with Crippen molar-refractivity contribution in [2.24, 2.45) is 0 Å². The standard InChI is InChI=1S/C11H11FN4O2/c12-8-4-2-1-3-7(8)5-6-13-9-10(17)14-11(18)16-15-9/h1-4H,5-6H2,(H,13,15)(H2,14,16,17,18). The number of aromatic nitrogens is 3. The molecule has 6 nitrogen and oxygen atoms in total. The minimum absolute atomic E-state index is 0.00550. The minimum Gasteiger partial charge on any atom is -0.364 e. The third kappa shape index (κ3) is 2.82. The van der Waals surface area contributed by atoms with E-state index in [1.165, 1.54) is 6.07 Å². The molecule has 0 unspecified atom stereocenters. The van der Waals surface area contributed by atoms with Crippen molar-refractivity contribution >= 4 is 5.82 Å². The highest BCUT2D eigenvalue weighted by Gasteiger charge is 2.03. The van der Waals surface area contributed by atoms with Crippen molar-refractivity contribution in [1.82, 2.24) is 15.2 Å². The smallest absolute Gasteiger partial charge is 0.342 e. The number of halogens is 1. The fourth-order valence-corrected chi connectivity index (χ4v) is 1.48. The minimum atomic E-state index is -0.667. The second-order valence-electron chi connectivity index (χ2n) is 3.62. The number of nitrogens with one attached hydrogen (secondary N) is 3. The number of benzene rings is 1. The Bertz CT molecular complexity index is 650. The van der Waals surface area contributed by atoms with Gasteiger partial charge in [-0.1, -0.05) is 18.2 Å². The topological polar surface area (TPSA) is 90.6 Å². The lowest BCUT2D eigenvalue weighted by molar-refractivity contribution is 0.610. The summed E-state index contributed by atoms with van der Waals surface area (Å²) in [6.45, 7) is 0.336. The van der Waals surface area contributed by atoms with Crippen LogP contribution in [0.3, 0.4) is 0 Å². The van der Waals surface area contributed by atoms with Crippen molar-refractivity contribution in [3.8, 4) is 0 Å². The van der Waals surface area contributed by atoms with E-state index >= 15 is 0 Å². The van der Waals surface area contributed by atoms with E-state index in [1.807, 2.05) is 4.98 Å². The van der Waals surface area contributed by atoms with Gasteiger partial charge in [0.05, 0.1) is 0 Å². The number of H-pyrrole nitrogens is 2. The lowest BCUT2D eigenvalue weighted by Crippen LogP contribution is -2.27. The highest BCUT2D eigenvalue weighted by Crippen LogP contribution is 2.06. The van der Waals surface area contributed by atoms with Crippen molar-refractivity contribution in [3.63, 3.8) is 0 Å². The molecule has 2 rings (SSSR count). The van der Waals surface area contributed by atoms with Crippen LogP contribution >= 0.6 is 0 Å². The fraction of sp³-hybridized carbons (Fsp3) is 0.182.